The van der Waals surface area contributed by atoms with Crippen molar-refractivity contribution in [3.8, 4) is 11.1 Å². The molecule has 0 bridgehead atoms. The molecule has 0 unspecified atom stereocenters. The molecule has 168 valence electrons. The van der Waals surface area contributed by atoms with Crippen LogP contribution in [0.4, 0.5) is 4.39 Å². The third-order valence-corrected chi connectivity index (χ3v) is 6.37. The standard InChI is InChI=1S/C27H32FN3O/c1-18(31-29-17-19-6-7-19)4-5-20-14-22(21-8-12-25(28)13-9-21)16-23(15-20)26(32)30-27(2,3)24-10-11-24/h8-9,12-17,19,24H,4-7,10-11H2,1-3H3,(H,30,32)/b29-17+,31-18-. The highest BCUT2D eigenvalue weighted by Crippen LogP contribution is 2.39. The molecule has 4 rings (SSSR count). The van der Waals surface area contributed by atoms with E-state index in [0.29, 0.717) is 17.4 Å². The number of nitrogens with zero attached hydrogens (tertiary/aromatic N) is 2. The van der Waals surface area contributed by atoms with Gasteiger partial charge in [0.25, 0.3) is 5.91 Å². The zero-order valence-corrected chi connectivity index (χ0v) is 19.2. The summed E-state index contributed by atoms with van der Waals surface area (Å²) >= 11 is 0. The highest BCUT2D eigenvalue weighted by Gasteiger charge is 2.38. The van der Waals surface area contributed by atoms with Crippen molar-refractivity contribution < 1.29 is 9.18 Å². The number of rotatable bonds is 9. The molecule has 0 heterocycles. The molecule has 0 saturated heterocycles. The van der Waals surface area contributed by atoms with Crippen LogP contribution in [0.5, 0.6) is 0 Å². The van der Waals surface area contributed by atoms with Crippen molar-refractivity contribution >= 4 is 17.8 Å². The predicted octanol–water partition coefficient (Wildman–Crippen LogP) is 6.20. The van der Waals surface area contributed by atoms with Gasteiger partial charge in [-0.3, -0.25) is 4.79 Å². The first kappa shape index (κ1) is 22.4. The van der Waals surface area contributed by atoms with Crippen LogP contribution in [0, 0.1) is 17.7 Å². The minimum Gasteiger partial charge on any atom is -0.347 e. The minimum absolute atomic E-state index is 0.0634. The molecule has 2 aliphatic carbocycles. The lowest BCUT2D eigenvalue weighted by Gasteiger charge is -2.26. The molecule has 0 radical (unpaired) electrons. The number of hydrogen-bond donors (Lipinski definition) is 1. The zero-order chi connectivity index (χ0) is 22.7. The number of benzene rings is 2. The van der Waals surface area contributed by atoms with Gasteiger partial charge in [0.05, 0.1) is 0 Å². The van der Waals surface area contributed by atoms with E-state index >= 15 is 0 Å². The van der Waals surface area contributed by atoms with Gasteiger partial charge in [-0.2, -0.15) is 10.2 Å². The smallest absolute Gasteiger partial charge is 0.251 e. The van der Waals surface area contributed by atoms with E-state index in [2.05, 4.69) is 35.4 Å². The summed E-state index contributed by atoms with van der Waals surface area (Å²) < 4.78 is 13.4. The number of carbonyl (C=O) groups excluding carboxylic acids is 1. The average Bonchev–Trinajstić information content (AvgIpc) is 3.65. The Balaban J connectivity index is 1.55. The van der Waals surface area contributed by atoms with Crippen molar-refractivity contribution in [1.82, 2.24) is 5.32 Å². The Hall–Kier alpha value is -2.82. The molecule has 5 heteroatoms. The summed E-state index contributed by atoms with van der Waals surface area (Å²) in [5.41, 5.74) is 4.25. The van der Waals surface area contributed by atoms with Gasteiger partial charge in [0, 0.05) is 23.0 Å². The third kappa shape index (κ3) is 6.12. The van der Waals surface area contributed by atoms with Gasteiger partial charge in [0.15, 0.2) is 0 Å². The number of nitrogens with one attached hydrogen (secondary N) is 1. The van der Waals surface area contributed by atoms with Crippen LogP contribution in [0.3, 0.4) is 0 Å². The maximum Gasteiger partial charge on any atom is 0.251 e. The van der Waals surface area contributed by atoms with E-state index in [0.717, 1.165) is 48.1 Å². The largest absolute Gasteiger partial charge is 0.347 e. The van der Waals surface area contributed by atoms with Gasteiger partial charge in [0.2, 0.25) is 0 Å². The van der Waals surface area contributed by atoms with Crippen molar-refractivity contribution in [2.75, 3.05) is 0 Å². The predicted molar refractivity (Wildman–Crippen MR) is 129 cm³/mol. The fourth-order valence-corrected chi connectivity index (χ4v) is 3.90. The van der Waals surface area contributed by atoms with E-state index < -0.39 is 0 Å². The maximum absolute atomic E-state index is 13.4. The first-order valence-corrected chi connectivity index (χ1v) is 11.6. The molecule has 0 atom stereocenters. The lowest BCUT2D eigenvalue weighted by atomic mass is 9.95. The Bertz CT molecular complexity index is 1030. The van der Waals surface area contributed by atoms with Gasteiger partial charge in [-0.15, -0.1) is 0 Å². The molecule has 0 aliphatic heterocycles. The summed E-state index contributed by atoms with van der Waals surface area (Å²) in [6.07, 6.45) is 8.22. The Morgan fingerprint density at radius 3 is 2.47 bits per heavy atom. The summed E-state index contributed by atoms with van der Waals surface area (Å²) in [6.45, 7) is 6.17. The Morgan fingerprint density at radius 1 is 1.09 bits per heavy atom. The molecular weight excluding hydrogens is 401 g/mol. The topological polar surface area (TPSA) is 53.8 Å². The molecule has 2 aromatic carbocycles. The summed E-state index contributed by atoms with van der Waals surface area (Å²) in [5.74, 6) is 0.820. The van der Waals surface area contributed by atoms with Crippen molar-refractivity contribution in [2.24, 2.45) is 22.0 Å². The van der Waals surface area contributed by atoms with Crippen LogP contribution in [0.25, 0.3) is 11.1 Å². The summed E-state index contributed by atoms with van der Waals surface area (Å²) in [5, 5.41) is 11.7. The van der Waals surface area contributed by atoms with Crippen LogP contribution >= 0.6 is 0 Å². The van der Waals surface area contributed by atoms with Crippen LogP contribution in [0.2, 0.25) is 0 Å². The van der Waals surface area contributed by atoms with E-state index in [9.17, 15) is 9.18 Å². The summed E-state index contributed by atoms with van der Waals surface area (Å²) in [4.78, 5) is 13.1. The maximum atomic E-state index is 13.4. The molecule has 2 aliphatic rings. The Morgan fingerprint density at radius 2 is 1.81 bits per heavy atom. The molecule has 2 aromatic rings. The van der Waals surface area contributed by atoms with Gasteiger partial charge in [-0.25, -0.2) is 4.39 Å². The third-order valence-electron chi connectivity index (χ3n) is 6.37. The Labute approximate surface area is 190 Å². The highest BCUT2D eigenvalue weighted by molar-refractivity contribution is 5.96. The van der Waals surface area contributed by atoms with E-state index in [4.69, 9.17) is 0 Å². The molecule has 32 heavy (non-hydrogen) atoms. The van der Waals surface area contributed by atoms with Crippen LogP contribution in [-0.4, -0.2) is 23.4 Å². The summed E-state index contributed by atoms with van der Waals surface area (Å²) in [7, 11) is 0. The van der Waals surface area contributed by atoms with Crippen LogP contribution in [-0.2, 0) is 6.42 Å². The number of amides is 1. The van der Waals surface area contributed by atoms with E-state index in [1.165, 1.54) is 25.0 Å². The fraction of sp³-hybridized carbons (Fsp3) is 0.444. The lowest BCUT2D eigenvalue weighted by molar-refractivity contribution is 0.0903. The number of hydrogen-bond acceptors (Lipinski definition) is 3. The van der Waals surface area contributed by atoms with Crippen molar-refractivity contribution in [1.29, 1.82) is 0 Å². The highest BCUT2D eigenvalue weighted by atomic mass is 19.1. The van der Waals surface area contributed by atoms with Gasteiger partial charge >= 0.3 is 0 Å². The molecule has 1 N–H and O–H groups in total. The molecule has 0 aromatic heterocycles. The number of aryl methyl sites for hydroxylation is 1. The zero-order valence-electron chi connectivity index (χ0n) is 19.2. The number of carbonyl (C=O) groups is 1. The van der Waals surface area contributed by atoms with Crippen LogP contribution in [0.1, 0.15) is 68.8 Å². The van der Waals surface area contributed by atoms with E-state index in [1.807, 2.05) is 25.3 Å². The van der Waals surface area contributed by atoms with Crippen molar-refractivity contribution in [3.05, 3.63) is 59.4 Å². The molecule has 2 saturated carbocycles. The lowest BCUT2D eigenvalue weighted by Crippen LogP contribution is -2.45. The first-order valence-electron chi connectivity index (χ1n) is 11.6. The number of halogens is 1. The minimum atomic E-state index is -0.271. The van der Waals surface area contributed by atoms with Gasteiger partial charge in [-0.05, 0) is 112 Å². The quantitative estimate of drug-likeness (QED) is 0.371. The molecule has 0 spiro atoms. The van der Waals surface area contributed by atoms with E-state index in [1.54, 1.807) is 12.1 Å². The second kappa shape index (κ2) is 9.35. The SMILES string of the molecule is C/C(CCc1cc(C(=O)NC(C)(C)C2CC2)cc(-c2ccc(F)cc2)c1)=N/N=C/C1CC1. The van der Waals surface area contributed by atoms with Crippen molar-refractivity contribution in [2.45, 2.75) is 64.8 Å². The van der Waals surface area contributed by atoms with Crippen molar-refractivity contribution in [3.63, 3.8) is 0 Å². The van der Waals surface area contributed by atoms with Crippen LogP contribution in [0.15, 0.2) is 52.7 Å². The fourth-order valence-electron chi connectivity index (χ4n) is 3.90. The molecule has 4 nitrogen and oxygen atoms in total. The van der Waals surface area contributed by atoms with Crippen LogP contribution < -0.4 is 5.32 Å². The molecular formula is C27H32FN3O. The van der Waals surface area contributed by atoms with E-state index in [-0.39, 0.29) is 17.3 Å². The molecule has 2 fully saturated rings. The summed E-state index contributed by atoms with van der Waals surface area (Å²) in [6, 6.07) is 12.4. The van der Waals surface area contributed by atoms with Gasteiger partial charge in [-0.1, -0.05) is 18.2 Å². The molecule has 1 amide bonds. The van der Waals surface area contributed by atoms with Gasteiger partial charge in [0.1, 0.15) is 5.82 Å². The average molecular weight is 434 g/mol. The second-order valence-electron chi connectivity index (χ2n) is 9.81. The first-order chi connectivity index (χ1) is 15.3. The van der Waals surface area contributed by atoms with Gasteiger partial charge < -0.3 is 5.32 Å². The Kier molecular flexibility index (Phi) is 6.54. The normalized spacial score (nSPS) is 17.1. The second-order valence-corrected chi connectivity index (χ2v) is 9.81. The monoisotopic (exact) mass is 433 g/mol.